The number of para-hydroxylation sites is 2. The van der Waals surface area contributed by atoms with E-state index < -0.39 is 12.0 Å². The second-order valence-electron chi connectivity index (χ2n) is 5.22. The summed E-state index contributed by atoms with van der Waals surface area (Å²) in [6.07, 6.45) is -0.865. The Morgan fingerprint density at radius 3 is 2.52 bits per heavy atom. The molecular weight excluding hydrogens is 316 g/mol. The van der Waals surface area contributed by atoms with Crippen molar-refractivity contribution in [1.29, 1.82) is 0 Å². The Kier molecular flexibility index (Phi) is 4.21. The largest absolute Gasteiger partial charge is 0.477 e. The Morgan fingerprint density at radius 1 is 1.17 bits per heavy atom. The number of carbonyl (C=O) groups excluding carboxylic acids is 2. The van der Waals surface area contributed by atoms with Gasteiger partial charge in [-0.3, -0.25) is 9.59 Å². The zero-order valence-corrected chi connectivity index (χ0v) is 13.0. The van der Waals surface area contributed by atoms with Crippen molar-refractivity contribution in [3.8, 4) is 5.75 Å². The fourth-order valence-corrected chi connectivity index (χ4v) is 2.65. The maximum atomic E-state index is 12.8. The summed E-state index contributed by atoms with van der Waals surface area (Å²) in [6.45, 7) is 0.0858. The van der Waals surface area contributed by atoms with E-state index in [2.05, 4.69) is 0 Å². The van der Waals surface area contributed by atoms with Gasteiger partial charge in [-0.1, -0.05) is 24.3 Å². The number of fused-ring (bicyclic) bond motifs is 1. The van der Waals surface area contributed by atoms with Crippen molar-refractivity contribution < 1.29 is 14.3 Å². The first-order valence-electron chi connectivity index (χ1n) is 7.12. The summed E-state index contributed by atoms with van der Waals surface area (Å²) >= 11 is 5.77. The second kappa shape index (κ2) is 6.30. The van der Waals surface area contributed by atoms with Crippen molar-refractivity contribution in [2.45, 2.75) is 12.0 Å². The van der Waals surface area contributed by atoms with Crippen LogP contribution in [0, 0.1) is 0 Å². The molecule has 1 atom stereocenters. The number of nitrogens with zero attached hydrogens (tertiary/aromatic N) is 1. The Morgan fingerprint density at radius 2 is 1.87 bits per heavy atom. The monoisotopic (exact) mass is 330 g/mol. The van der Waals surface area contributed by atoms with Crippen molar-refractivity contribution in [2.75, 3.05) is 11.4 Å². The van der Waals surface area contributed by atoms with Crippen LogP contribution in [-0.4, -0.2) is 24.5 Å². The van der Waals surface area contributed by atoms with Crippen molar-refractivity contribution >= 4 is 29.1 Å². The van der Waals surface area contributed by atoms with Crippen LogP contribution in [0.15, 0.2) is 48.5 Å². The molecule has 1 heterocycles. The Bertz CT molecular complexity index is 746. The predicted octanol–water partition coefficient (Wildman–Crippen LogP) is 2.32. The van der Waals surface area contributed by atoms with Crippen LogP contribution in [0.1, 0.15) is 15.9 Å². The number of halogens is 1. The Balaban J connectivity index is 1.96. The molecule has 0 fully saturated rings. The number of nitrogens with two attached hydrogens (primary N) is 1. The molecule has 0 saturated heterocycles. The molecule has 2 aromatic rings. The molecule has 0 bridgehead atoms. The van der Waals surface area contributed by atoms with Gasteiger partial charge in [-0.15, -0.1) is 11.6 Å². The molecule has 0 aliphatic carbocycles. The molecule has 0 saturated carbocycles. The molecule has 6 heteroatoms. The number of anilines is 1. The molecular formula is C17H15ClN2O3. The number of hydrogen-bond donors (Lipinski definition) is 1. The van der Waals surface area contributed by atoms with Gasteiger partial charge in [0.1, 0.15) is 5.75 Å². The van der Waals surface area contributed by atoms with Crippen molar-refractivity contribution in [3.63, 3.8) is 0 Å². The Hall–Kier alpha value is -2.53. The number of carbonyl (C=O) groups is 2. The highest BCUT2D eigenvalue weighted by Gasteiger charge is 2.32. The topological polar surface area (TPSA) is 72.6 Å². The third-order valence-corrected chi connectivity index (χ3v) is 4.00. The summed E-state index contributed by atoms with van der Waals surface area (Å²) < 4.78 is 5.56. The SMILES string of the molecule is NC(=O)C1CN(C(=O)c2ccc(CCl)cc2)c2ccccc2O1. The maximum Gasteiger partial charge on any atom is 0.260 e. The molecule has 3 rings (SSSR count). The average molecular weight is 331 g/mol. The lowest BCUT2D eigenvalue weighted by Crippen LogP contribution is -2.49. The van der Waals surface area contributed by atoms with Crippen molar-refractivity contribution in [2.24, 2.45) is 5.73 Å². The lowest BCUT2D eigenvalue weighted by molar-refractivity contribution is -0.124. The molecule has 0 aromatic heterocycles. The molecule has 118 valence electrons. The molecule has 2 amide bonds. The van der Waals surface area contributed by atoms with E-state index in [1.165, 1.54) is 4.90 Å². The summed E-state index contributed by atoms with van der Waals surface area (Å²) in [5.41, 5.74) is 7.41. The van der Waals surface area contributed by atoms with Gasteiger partial charge in [0, 0.05) is 11.4 Å². The number of benzene rings is 2. The normalized spacial score (nSPS) is 16.4. The number of hydrogen-bond acceptors (Lipinski definition) is 3. The van der Waals surface area contributed by atoms with Gasteiger partial charge in [0.05, 0.1) is 12.2 Å². The van der Waals surface area contributed by atoms with Crippen LogP contribution in [0.2, 0.25) is 0 Å². The van der Waals surface area contributed by atoms with Crippen LogP contribution in [0.25, 0.3) is 0 Å². The van der Waals surface area contributed by atoms with Crippen LogP contribution in [0.3, 0.4) is 0 Å². The van der Waals surface area contributed by atoms with Gasteiger partial charge in [0.25, 0.3) is 11.8 Å². The van der Waals surface area contributed by atoms with Gasteiger partial charge in [-0.05, 0) is 29.8 Å². The lowest BCUT2D eigenvalue weighted by atomic mass is 10.1. The minimum Gasteiger partial charge on any atom is -0.477 e. The van der Waals surface area contributed by atoms with Gasteiger partial charge >= 0.3 is 0 Å². The van der Waals surface area contributed by atoms with E-state index in [1.54, 1.807) is 42.5 Å². The van der Waals surface area contributed by atoms with Gasteiger partial charge < -0.3 is 15.4 Å². The standard InChI is InChI=1S/C17H15ClN2O3/c18-9-11-5-7-12(8-6-11)17(22)20-10-15(16(19)21)23-14-4-2-1-3-13(14)20/h1-8,15H,9-10H2,(H2,19,21). The number of primary amides is 1. The molecule has 2 aromatic carbocycles. The number of ether oxygens (including phenoxy) is 1. The van der Waals surface area contributed by atoms with E-state index >= 15 is 0 Å². The van der Waals surface area contributed by atoms with Crippen LogP contribution in [0.4, 0.5) is 5.69 Å². The van der Waals surface area contributed by atoms with Gasteiger partial charge in [0.2, 0.25) is 0 Å². The summed E-state index contributed by atoms with van der Waals surface area (Å²) in [7, 11) is 0. The molecule has 1 aliphatic rings. The highest BCUT2D eigenvalue weighted by Crippen LogP contribution is 2.34. The maximum absolute atomic E-state index is 12.8. The van der Waals surface area contributed by atoms with Crippen LogP contribution in [0.5, 0.6) is 5.75 Å². The van der Waals surface area contributed by atoms with E-state index in [-0.39, 0.29) is 12.5 Å². The van der Waals surface area contributed by atoms with Crippen molar-refractivity contribution in [1.82, 2.24) is 0 Å². The summed E-state index contributed by atoms with van der Waals surface area (Å²) in [5.74, 6) is 0.0368. The molecule has 0 radical (unpaired) electrons. The highest BCUT2D eigenvalue weighted by atomic mass is 35.5. The number of rotatable bonds is 3. The predicted molar refractivity (Wildman–Crippen MR) is 87.7 cm³/mol. The van der Waals surface area contributed by atoms with E-state index in [9.17, 15) is 9.59 Å². The minimum absolute atomic E-state index is 0.0858. The minimum atomic E-state index is -0.865. The molecule has 2 N–H and O–H groups in total. The summed E-state index contributed by atoms with van der Waals surface area (Å²) in [5, 5.41) is 0. The zero-order chi connectivity index (χ0) is 16.4. The van der Waals surface area contributed by atoms with E-state index in [0.29, 0.717) is 22.9 Å². The highest BCUT2D eigenvalue weighted by molar-refractivity contribution is 6.17. The third kappa shape index (κ3) is 3.00. The van der Waals surface area contributed by atoms with E-state index in [1.807, 2.05) is 6.07 Å². The molecule has 0 spiro atoms. The number of alkyl halides is 1. The van der Waals surface area contributed by atoms with E-state index in [0.717, 1.165) is 5.56 Å². The van der Waals surface area contributed by atoms with Crippen LogP contribution >= 0.6 is 11.6 Å². The fraction of sp³-hybridized carbons (Fsp3) is 0.176. The first kappa shape index (κ1) is 15.4. The molecule has 1 aliphatic heterocycles. The zero-order valence-electron chi connectivity index (χ0n) is 12.2. The molecule has 1 unspecified atom stereocenters. The van der Waals surface area contributed by atoms with Crippen molar-refractivity contribution in [3.05, 3.63) is 59.7 Å². The number of amides is 2. The van der Waals surface area contributed by atoms with E-state index in [4.69, 9.17) is 22.1 Å². The molecule has 5 nitrogen and oxygen atoms in total. The lowest BCUT2D eigenvalue weighted by Gasteiger charge is -2.33. The average Bonchev–Trinajstić information content (AvgIpc) is 2.60. The van der Waals surface area contributed by atoms with Gasteiger partial charge in [-0.25, -0.2) is 0 Å². The second-order valence-corrected chi connectivity index (χ2v) is 5.49. The van der Waals surface area contributed by atoms with Gasteiger partial charge in [0.15, 0.2) is 6.10 Å². The van der Waals surface area contributed by atoms with Gasteiger partial charge in [-0.2, -0.15) is 0 Å². The molecule has 23 heavy (non-hydrogen) atoms. The first-order valence-corrected chi connectivity index (χ1v) is 7.65. The Labute approximate surface area is 138 Å². The van der Waals surface area contributed by atoms with Crippen LogP contribution < -0.4 is 15.4 Å². The third-order valence-electron chi connectivity index (χ3n) is 3.69. The first-order chi connectivity index (χ1) is 11.1. The summed E-state index contributed by atoms with van der Waals surface area (Å²) in [6, 6.07) is 14.1. The smallest absolute Gasteiger partial charge is 0.260 e. The quantitative estimate of drug-likeness (QED) is 0.878. The fourth-order valence-electron chi connectivity index (χ4n) is 2.47. The summed E-state index contributed by atoms with van der Waals surface area (Å²) in [4.78, 5) is 25.8. The van der Waals surface area contributed by atoms with Crippen LogP contribution in [-0.2, 0) is 10.7 Å².